The highest BCUT2D eigenvalue weighted by Crippen LogP contribution is 2.39. The largest absolute Gasteiger partial charge is 0.491 e. The van der Waals surface area contributed by atoms with Gasteiger partial charge in [0.2, 0.25) is 11.6 Å². The molecular formula is C22H18ClF4N3O3S2. The van der Waals surface area contributed by atoms with E-state index in [1.165, 1.54) is 0 Å². The van der Waals surface area contributed by atoms with Crippen molar-refractivity contribution >= 4 is 67.9 Å². The number of ether oxygens (including phenoxy) is 1. The van der Waals surface area contributed by atoms with Gasteiger partial charge in [0.25, 0.3) is 11.8 Å². The summed E-state index contributed by atoms with van der Waals surface area (Å²) in [5.74, 6) is -10.8. The molecular weight excluding hydrogens is 530 g/mol. The van der Waals surface area contributed by atoms with Crippen LogP contribution in [-0.2, 0) is 0 Å². The highest BCUT2D eigenvalue weighted by Gasteiger charge is 2.30. The van der Waals surface area contributed by atoms with Gasteiger partial charge < -0.3 is 15.4 Å². The average molecular weight is 548 g/mol. The summed E-state index contributed by atoms with van der Waals surface area (Å²) in [7, 11) is 0.814. The summed E-state index contributed by atoms with van der Waals surface area (Å²) >= 11 is 12.5. The molecule has 2 amide bonds. The number of carbonyl (C=O) groups is 2. The zero-order valence-corrected chi connectivity index (χ0v) is 21.1. The number of thiocarbonyl (C=S) groups is 1. The smallest absolute Gasteiger partial charge is 0.263 e. The highest BCUT2D eigenvalue weighted by atomic mass is 35.5. The summed E-state index contributed by atoms with van der Waals surface area (Å²) < 4.78 is 61.2. The maximum Gasteiger partial charge on any atom is 0.263 e. The number of methoxy groups -OCH3 is 1. The number of anilines is 1. The Morgan fingerprint density at radius 1 is 1.03 bits per heavy atom. The van der Waals surface area contributed by atoms with Crippen LogP contribution in [-0.4, -0.2) is 29.6 Å². The van der Waals surface area contributed by atoms with Crippen LogP contribution in [0.5, 0.6) is 5.75 Å². The van der Waals surface area contributed by atoms with E-state index >= 15 is 0 Å². The summed E-state index contributed by atoms with van der Waals surface area (Å²) in [6.45, 7) is 5.44. The highest BCUT2D eigenvalue weighted by molar-refractivity contribution is 7.80. The Balaban J connectivity index is 1.88. The Bertz CT molecular complexity index is 1340. The number of fused-ring (bicyclic) bond motifs is 1. The average Bonchev–Trinajstić information content (AvgIpc) is 3.09. The van der Waals surface area contributed by atoms with Gasteiger partial charge in [-0.15, -0.1) is 11.3 Å². The minimum atomic E-state index is -1.94. The standard InChI is InChI=1S/C22H18ClF4N3O3S2/c1-22(2,3)30-20(32)18-11(23)8-6-5-7-9(17(8)35-18)28-21(34)29-19(31)10-12(24)14(26)16(33-4)15(27)13(10)25/h5-7H,1-4H3,(H,30,32)(H2,28,29,31,34). The van der Waals surface area contributed by atoms with E-state index in [1.54, 1.807) is 18.2 Å². The second kappa shape index (κ2) is 9.96. The minimum absolute atomic E-state index is 0.207. The molecule has 2 aromatic carbocycles. The number of amides is 2. The lowest BCUT2D eigenvalue weighted by atomic mass is 10.1. The number of halogens is 5. The van der Waals surface area contributed by atoms with E-state index in [2.05, 4.69) is 15.4 Å². The molecule has 0 saturated carbocycles. The lowest BCUT2D eigenvalue weighted by molar-refractivity contribution is 0.0922. The number of hydrogen-bond donors (Lipinski definition) is 3. The van der Waals surface area contributed by atoms with Gasteiger partial charge in [0, 0.05) is 10.9 Å². The Morgan fingerprint density at radius 2 is 1.63 bits per heavy atom. The molecule has 3 N–H and O–H groups in total. The summed E-state index contributed by atoms with van der Waals surface area (Å²) in [6, 6.07) is 4.84. The van der Waals surface area contributed by atoms with Gasteiger partial charge in [0.1, 0.15) is 10.4 Å². The van der Waals surface area contributed by atoms with E-state index in [0.717, 1.165) is 18.4 Å². The van der Waals surface area contributed by atoms with Crippen molar-refractivity contribution in [1.82, 2.24) is 10.6 Å². The summed E-state index contributed by atoms with van der Waals surface area (Å²) in [5.41, 5.74) is -1.69. The molecule has 3 aromatic rings. The lowest BCUT2D eigenvalue weighted by Crippen LogP contribution is -2.40. The van der Waals surface area contributed by atoms with Gasteiger partial charge >= 0.3 is 0 Å². The predicted octanol–water partition coefficient (Wildman–Crippen LogP) is 5.77. The van der Waals surface area contributed by atoms with Crippen molar-refractivity contribution < 1.29 is 31.9 Å². The fourth-order valence-corrected chi connectivity index (χ4v) is 4.71. The predicted molar refractivity (Wildman–Crippen MR) is 131 cm³/mol. The van der Waals surface area contributed by atoms with Crippen molar-refractivity contribution in [1.29, 1.82) is 0 Å². The number of benzene rings is 2. The molecule has 0 aliphatic heterocycles. The molecule has 0 radical (unpaired) electrons. The fraction of sp³-hybridized carbons (Fsp3) is 0.227. The van der Waals surface area contributed by atoms with Gasteiger partial charge in [-0.25, -0.2) is 8.78 Å². The maximum atomic E-state index is 14.2. The zero-order chi connectivity index (χ0) is 26.2. The second-order valence-corrected chi connectivity index (χ2v) is 10.0. The molecule has 13 heteroatoms. The van der Waals surface area contributed by atoms with E-state index in [9.17, 15) is 27.2 Å². The topological polar surface area (TPSA) is 79.5 Å². The quantitative estimate of drug-likeness (QED) is 0.219. The van der Waals surface area contributed by atoms with Gasteiger partial charge in [-0.05, 0) is 39.1 Å². The van der Waals surface area contributed by atoms with Crippen LogP contribution < -0.4 is 20.7 Å². The Kier molecular flexibility index (Phi) is 7.58. The molecule has 35 heavy (non-hydrogen) atoms. The maximum absolute atomic E-state index is 14.2. The third-order valence-electron chi connectivity index (χ3n) is 4.48. The van der Waals surface area contributed by atoms with E-state index in [-0.39, 0.29) is 15.8 Å². The van der Waals surface area contributed by atoms with Gasteiger partial charge in [0.05, 0.1) is 22.5 Å². The van der Waals surface area contributed by atoms with E-state index < -0.39 is 51.1 Å². The van der Waals surface area contributed by atoms with Crippen molar-refractivity contribution in [2.24, 2.45) is 0 Å². The number of hydrogen-bond acceptors (Lipinski definition) is 5. The van der Waals surface area contributed by atoms with Crippen LogP contribution in [0, 0.1) is 23.3 Å². The van der Waals surface area contributed by atoms with Gasteiger partial charge in [-0.1, -0.05) is 23.7 Å². The van der Waals surface area contributed by atoms with Gasteiger partial charge in [-0.2, -0.15) is 8.78 Å². The summed E-state index contributed by atoms with van der Waals surface area (Å²) in [6.07, 6.45) is 0. The van der Waals surface area contributed by atoms with Crippen LogP contribution in [0.25, 0.3) is 10.1 Å². The van der Waals surface area contributed by atoms with Crippen molar-refractivity contribution in [2.45, 2.75) is 26.3 Å². The first-order valence-corrected chi connectivity index (χ1v) is 11.4. The molecule has 1 aromatic heterocycles. The van der Waals surface area contributed by atoms with Crippen LogP contribution in [0.4, 0.5) is 23.2 Å². The molecule has 0 aliphatic carbocycles. The monoisotopic (exact) mass is 547 g/mol. The molecule has 6 nitrogen and oxygen atoms in total. The molecule has 0 aliphatic rings. The van der Waals surface area contributed by atoms with Crippen LogP contribution in [0.15, 0.2) is 18.2 Å². The van der Waals surface area contributed by atoms with Crippen molar-refractivity contribution in [3.63, 3.8) is 0 Å². The molecule has 0 fully saturated rings. The zero-order valence-electron chi connectivity index (χ0n) is 18.7. The van der Waals surface area contributed by atoms with Crippen LogP contribution >= 0.6 is 35.2 Å². The SMILES string of the molecule is COc1c(F)c(F)c(C(=O)NC(=S)Nc2cccc3c(Cl)c(C(=O)NC(C)(C)C)sc23)c(F)c1F. The van der Waals surface area contributed by atoms with Gasteiger partial charge in [0.15, 0.2) is 22.5 Å². The number of rotatable bonds is 4. The van der Waals surface area contributed by atoms with Crippen molar-refractivity contribution in [3.05, 3.63) is 56.9 Å². The summed E-state index contributed by atoms with van der Waals surface area (Å²) in [4.78, 5) is 25.2. The fourth-order valence-electron chi connectivity index (χ4n) is 3.04. The molecule has 0 saturated heterocycles. The third-order valence-corrected chi connectivity index (χ3v) is 6.43. The lowest BCUT2D eigenvalue weighted by Gasteiger charge is -2.19. The van der Waals surface area contributed by atoms with E-state index in [4.69, 9.17) is 23.8 Å². The van der Waals surface area contributed by atoms with E-state index in [1.807, 2.05) is 26.1 Å². The third kappa shape index (κ3) is 5.34. The van der Waals surface area contributed by atoms with Crippen molar-refractivity contribution in [3.8, 4) is 5.75 Å². The van der Waals surface area contributed by atoms with E-state index in [0.29, 0.717) is 15.8 Å². The molecule has 0 bridgehead atoms. The number of thiophene rings is 1. The Morgan fingerprint density at radius 3 is 2.17 bits per heavy atom. The number of carbonyl (C=O) groups excluding carboxylic acids is 2. The first kappa shape index (κ1) is 26.6. The molecule has 0 spiro atoms. The molecule has 186 valence electrons. The Hall–Kier alpha value is -2.96. The molecule has 3 rings (SSSR count). The first-order valence-electron chi connectivity index (χ1n) is 9.82. The minimum Gasteiger partial charge on any atom is -0.491 e. The Labute approximate surface area is 211 Å². The second-order valence-electron chi connectivity index (χ2n) is 8.20. The normalized spacial score (nSPS) is 11.3. The first-order chi connectivity index (χ1) is 16.3. The van der Waals surface area contributed by atoms with Gasteiger partial charge in [-0.3, -0.25) is 14.9 Å². The summed E-state index contributed by atoms with van der Waals surface area (Å²) in [5, 5.41) is 7.76. The van der Waals surface area contributed by atoms with Crippen molar-refractivity contribution in [2.75, 3.05) is 12.4 Å². The van der Waals surface area contributed by atoms with Crippen LogP contribution in [0.2, 0.25) is 5.02 Å². The number of nitrogens with one attached hydrogen (secondary N) is 3. The molecule has 1 heterocycles. The van der Waals surface area contributed by atoms with Crippen LogP contribution in [0.1, 0.15) is 40.8 Å². The molecule has 0 atom stereocenters. The molecule has 0 unspecified atom stereocenters. The van der Waals surface area contributed by atoms with Crippen LogP contribution in [0.3, 0.4) is 0 Å².